The fourth-order valence-corrected chi connectivity index (χ4v) is 2.54. The molecule has 8 heteroatoms. The minimum atomic E-state index is -1.86. The third kappa shape index (κ3) is 3.49. The average molecular weight is 370 g/mol. The van der Waals surface area contributed by atoms with E-state index in [-0.39, 0.29) is 17.6 Å². The highest BCUT2D eigenvalue weighted by Crippen LogP contribution is 2.51. The molecule has 1 rings (SSSR count). The lowest BCUT2D eigenvalue weighted by molar-refractivity contribution is 0.00511. The first kappa shape index (κ1) is 17.8. The van der Waals surface area contributed by atoms with E-state index in [9.17, 15) is 0 Å². The second-order valence-corrected chi connectivity index (χ2v) is 9.46. The van der Waals surface area contributed by atoms with Crippen molar-refractivity contribution in [2.45, 2.75) is 55.1 Å². The van der Waals surface area contributed by atoms with E-state index in [1.165, 1.54) is 6.34 Å². The summed E-state index contributed by atoms with van der Waals surface area (Å²) in [6, 6.07) is 0.171. The first-order chi connectivity index (χ1) is 8.30. The molecule has 0 saturated carbocycles. The van der Waals surface area contributed by atoms with Crippen molar-refractivity contribution in [3.8, 4) is 0 Å². The van der Waals surface area contributed by atoms with Gasteiger partial charge in [-0.1, -0.05) is 78.8 Å². The number of rotatable bonds is 2. The Morgan fingerprint density at radius 2 is 1.53 bits per heavy atom. The molecule has 0 aromatic rings. The molecule has 0 aromatic heterocycles. The largest absolute Gasteiger partial charge is 0.303 e. The van der Waals surface area contributed by atoms with Gasteiger partial charge in [-0.05, 0) is 13.8 Å². The van der Waals surface area contributed by atoms with Gasteiger partial charge in [-0.15, -0.1) is 0 Å². The van der Waals surface area contributed by atoms with Gasteiger partial charge in [0.05, 0.1) is 0 Å². The molecule has 0 radical (unpaired) electrons. The van der Waals surface area contributed by atoms with Crippen LogP contribution in [0.5, 0.6) is 0 Å². The Kier molecular flexibility index (Phi) is 5.14. The first-order valence-electron chi connectivity index (χ1n) is 5.85. The third-order valence-electron chi connectivity index (χ3n) is 2.79. The first-order valence-corrected chi connectivity index (χ1v) is 7.74. The van der Waals surface area contributed by atoms with Crippen LogP contribution in [0.1, 0.15) is 34.6 Å². The molecule has 0 amide bonds. The summed E-state index contributed by atoms with van der Waals surface area (Å²) in [6.45, 7) is 10.2. The van der Waals surface area contributed by atoms with Crippen LogP contribution in [-0.2, 0) is 0 Å². The smallest absolute Gasteiger partial charge is 0.241 e. The molecule has 0 aromatic carbocycles. The number of hydrazone groups is 1. The molecule has 3 nitrogen and oxygen atoms in total. The number of halogens is 5. The van der Waals surface area contributed by atoms with E-state index >= 15 is 0 Å². The lowest BCUT2D eigenvalue weighted by Gasteiger charge is -2.47. The Labute approximate surface area is 139 Å². The average Bonchev–Trinajstić information content (AvgIpc) is 2.58. The van der Waals surface area contributed by atoms with E-state index in [4.69, 9.17) is 58.0 Å². The number of hydrogen-bond acceptors (Lipinski definition) is 3. The highest BCUT2D eigenvalue weighted by Gasteiger charge is 2.56. The van der Waals surface area contributed by atoms with Crippen LogP contribution < -0.4 is 0 Å². The van der Waals surface area contributed by atoms with Crippen LogP contribution in [0, 0.1) is 5.41 Å². The van der Waals surface area contributed by atoms with Gasteiger partial charge in [-0.2, -0.15) is 5.10 Å². The van der Waals surface area contributed by atoms with E-state index < -0.39 is 8.25 Å². The van der Waals surface area contributed by atoms with E-state index in [2.05, 4.69) is 25.9 Å². The minimum Gasteiger partial charge on any atom is -0.303 e. The Morgan fingerprint density at radius 3 is 1.84 bits per heavy atom. The molecule has 0 spiro atoms. The number of hydrogen-bond donors (Lipinski definition) is 0. The maximum absolute atomic E-state index is 6.27. The van der Waals surface area contributed by atoms with Crippen LogP contribution in [0.2, 0.25) is 0 Å². The third-order valence-corrected chi connectivity index (χ3v) is 5.15. The molecule has 1 aliphatic rings. The monoisotopic (exact) mass is 367 g/mol. The van der Waals surface area contributed by atoms with Crippen molar-refractivity contribution in [3.63, 3.8) is 0 Å². The lowest BCUT2D eigenvalue weighted by atomic mass is 9.90. The Bertz CT molecular complexity index is 356. The maximum Gasteiger partial charge on any atom is 0.241 e. The van der Waals surface area contributed by atoms with Crippen molar-refractivity contribution in [3.05, 3.63) is 0 Å². The van der Waals surface area contributed by atoms with Gasteiger partial charge in [0.1, 0.15) is 12.5 Å². The second-order valence-electron chi connectivity index (χ2n) is 5.89. The highest BCUT2D eigenvalue weighted by atomic mass is 35.6. The van der Waals surface area contributed by atoms with Gasteiger partial charge in [-0.25, -0.2) is 0 Å². The number of alkyl halides is 5. The summed E-state index contributed by atoms with van der Waals surface area (Å²) < 4.78 is -3.57. The Morgan fingerprint density at radius 1 is 1.05 bits per heavy atom. The highest BCUT2D eigenvalue weighted by molar-refractivity contribution is 6.75. The summed E-state index contributed by atoms with van der Waals surface area (Å²) in [5, 5.41) is 6.23. The zero-order valence-electron chi connectivity index (χ0n) is 11.5. The summed E-state index contributed by atoms with van der Waals surface area (Å²) in [7, 11) is 0. The fraction of sp³-hybridized carbons (Fsp3) is 0.909. The van der Waals surface area contributed by atoms with Crippen LogP contribution in [0.25, 0.3) is 0 Å². The molecule has 1 heterocycles. The maximum atomic E-state index is 6.27. The van der Waals surface area contributed by atoms with E-state index in [0.29, 0.717) is 0 Å². The Hall–Kier alpha value is 0.720. The predicted octanol–water partition coefficient (Wildman–Crippen LogP) is 4.83. The van der Waals surface area contributed by atoms with Crippen molar-refractivity contribution < 1.29 is 0 Å². The molecule has 0 fully saturated rings. The number of nitrogens with zero attached hydrogens (tertiary/aromatic N) is 3. The zero-order chi connectivity index (χ0) is 15.2. The van der Waals surface area contributed by atoms with Crippen LogP contribution in [0.4, 0.5) is 0 Å². The van der Waals surface area contributed by atoms with Gasteiger partial charge in [0.2, 0.25) is 8.25 Å². The molecular weight excluding hydrogens is 351 g/mol. The van der Waals surface area contributed by atoms with Gasteiger partial charge in [0.25, 0.3) is 0 Å². The van der Waals surface area contributed by atoms with Crippen molar-refractivity contribution in [1.29, 1.82) is 0 Å². The van der Waals surface area contributed by atoms with Crippen molar-refractivity contribution in [2.24, 2.45) is 10.5 Å². The predicted molar refractivity (Wildman–Crippen MR) is 85.3 cm³/mol. The Balaban J connectivity index is 3.19. The molecule has 1 aliphatic heterocycles. The van der Waals surface area contributed by atoms with Crippen LogP contribution in [0.3, 0.4) is 0 Å². The van der Waals surface area contributed by atoms with E-state index in [1.807, 2.05) is 18.9 Å². The van der Waals surface area contributed by atoms with E-state index in [1.54, 1.807) is 4.90 Å². The summed E-state index contributed by atoms with van der Waals surface area (Å²) in [4.78, 5) is 1.59. The van der Waals surface area contributed by atoms with Gasteiger partial charge in [0, 0.05) is 11.5 Å². The summed E-state index contributed by atoms with van der Waals surface area (Å²) in [5.41, 5.74) is -0.189. The van der Waals surface area contributed by atoms with Crippen molar-refractivity contribution in [1.82, 2.24) is 9.91 Å². The molecule has 0 N–H and O–H groups in total. The molecule has 1 atom stereocenters. The molecule has 0 saturated heterocycles. The molecule has 0 aliphatic carbocycles. The minimum absolute atomic E-state index is 0.171. The molecule has 0 bridgehead atoms. The van der Waals surface area contributed by atoms with Gasteiger partial charge < -0.3 is 4.90 Å². The topological polar surface area (TPSA) is 18.8 Å². The van der Waals surface area contributed by atoms with Crippen molar-refractivity contribution >= 4 is 64.3 Å². The normalized spacial score (nSPS) is 21.7. The van der Waals surface area contributed by atoms with Gasteiger partial charge in [0.15, 0.2) is 0 Å². The van der Waals surface area contributed by atoms with Crippen LogP contribution in [-0.4, -0.2) is 36.7 Å². The SMILES string of the molecule is CC(C)N1N=CN(C(Cl)(Cl)C(Cl)(Cl)Cl)C1C(C)(C)C. The van der Waals surface area contributed by atoms with Crippen molar-refractivity contribution in [2.75, 3.05) is 0 Å². The zero-order valence-corrected chi connectivity index (χ0v) is 15.2. The molecular formula is C11H18Cl5N3. The van der Waals surface area contributed by atoms with Crippen LogP contribution in [0.15, 0.2) is 5.10 Å². The standard InChI is InChI=1S/C11H18Cl5N3/c1-7(2)19-8(9(3,4)5)18(6-17-19)11(15,16)10(12,13)14/h6-8H,1-5H3. The second kappa shape index (κ2) is 5.49. The van der Waals surface area contributed by atoms with Gasteiger partial charge >= 0.3 is 0 Å². The fourth-order valence-electron chi connectivity index (χ4n) is 1.97. The van der Waals surface area contributed by atoms with Gasteiger partial charge in [-0.3, -0.25) is 5.01 Å². The molecule has 112 valence electrons. The lowest BCUT2D eigenvalue weighted by Crippen LogP contribution is -2.59. The summed E-state index contributed by atoms with van der Waals surface area (Å²) >= 11 is 30.2. The molecule has 19 heavy (non-hydrogen) atoms. The summed E-state index contributed by atoms with van der Waals surface area (Å²) in [5.74, 6) is 0. The molecule has 1 unspecified atom stereocenters. The summed E-state index contributed by atoms with van der Waals surface area (Å²) in [6.07, 6.45) is 1.32. The van der Waals surface area contributed by atoms with Crippen LogP contribution >= 0.6 is 58.0 Å². The quantitative estimate of drug-likeness (QED) is 0.513. The van der Waals surface area contributed by atoms with E-state index in [0.717, 1.165) is 0 Å².